The van der Waals surface area contributed by atoms with Gasteiger partial charge in [0.1, 0.15) is 17.3 Å². The molecule has 0 aliphatic heterocycles. The molecule has 0 aliphatic rings. The second kappa shape index (κ2) is 5.54. The van der Waals surface area contributed by atoms with Crippen LogP contribution in [0.1, 0.15) is 5.56 Å². The molecule has 0 atom stereocenters. The highest BCUT2D eigenvalue weighted by molar-refractivity contribution is 6.30. The molecular formula is C12H9ClF3N3O. The Hall–Kier alpha value is -2.02. The van der Waals surface area contributed by atoms with Gasteiger partial charge >= 0.3 is 6.36 Å². The number of para-hydroxylation sites is 2. The quantitative estimate of drug-likeness (QED) is 0.868. The van der Waals surface area contributed by atoms with Crippen molar-refractivity contribution in [3.05, 3.63) is 41.3 Å². The highest BCUT2D eigenvalue weighted by atomic mass is 35.5. The second-order valence-corrected chi connectivity index (χ2v) is 4.17. The van der Waals surface area contributed by atoms with E-state index in [-0.39, 0.29) is 16.6 Å². The topological polar surface area (TPSA) is 47.0 Å². The predicted octanol–water partition coefficient (Wildman–Crippen LogP) is 4.08. The van der Waals surface area contributed by atoms with Crippen LogP contribution in [0.2, 0.25) is 5.15 Å². The number of halogens is 4. The molecule has 1 aromatic carbocycles. The first-order chi connectivity index (χ1) is 9.37. The van der Waals surface area contributed by atoms with Crippen molar-refractivity contribution in [3.8, 4) is 5.75 Å². The zero-order valence-electron chi connectivity index (χ0n) is 10.2. The summed E-state index contributed by atoms with van der Waals surface area (Å²) >= 11 is 5.82. The second-order valence-electron chi connectivity index (χ2n) is 3.81. The van der Waals surface area contributed by atoms with Gasteiger partial charge in [0.2, 0.25) is 0 Å². The Morgan fingerprint density at radius 1 is 1.20 bits per heavy atom. The lowest BCUT2D eigenvalue weighted by molar-refractivity contribution is -0.274. The van der Waals surface area contributed by atoms with Crippen molar-refractivity contribution in [1.29, 1.82) is 0 Å². The SMILES string of the molecule is Cc1c(Cl)ncnc1Nc1ccccc1OC(F)(F)F. The molecule has 2 aromatic rings. The van der Waals surface area contributed by atoms with Gasteiger partial charge in [-0.25, -0.2) is 9.97 Å². The average Bonchev–Trinajstić information content (AvgIpc) is 2.35. The van der Waals surface area contributed by atoms with Crippen LogP contribution in [0, 0.1) is 6.92 Å². The lowest BCUT2D eigenvalue weighted by Gasteiger charge is -2.15. The number of hydrogen-bond donors (Lipinski definition) is 1. The van der Waals surface area contributed by atoms with Crippen molar-refractivity contribution in [2.24, 2.45) is 0 Å². The Labute approximate surface area is 117 Å². The first kappa shape index (κ1) is 14.4. The summed E-state index contributed by atoms with van der Waals surface area (Å²) < 4.78 is 40.9. The van der Waals surface area contributed by atoms with Crippen molar-refractivity contribution in [2.75, 3.05) is 5.32 Å². The number of aromatic nitrogens is 2. The van der Waals surface area contributed by atoms with E-state index < -0.39 is 6.36 Å². The van der Waals surface area contributed by atoms with Crippen molar-refractivity contribution < 1.29 is 17.9 Å². The van der Waals surface area contributed by atoms with Crippen LogP contribution in [0.4, 0.5) is 24.7 Å². The van der Waals surface area contributed by atoms with E-state index in [1.165, 1.54) is 24.5 Å². The molecule has 0 saturated carbocycles. The minimum Gasteiger partial charge on any atom is -0.404 e. The first-order valence-electron chi connectivity index (χ1n) is 5.46. The molecule has 1 aromatic heterocycles. The van der Waals surface area contributed by atoms with Gasteiger partial charge < -0.3 is 10.1 Å². The van der Waals surface area contributed by atoms with E-state index in [4.69, 9.17) is 11.6 Å². The molecule has 2 rings (SSSR count). The average molecular weight is 304 g/mol. The summed E-state index contributed by atoms with van der Waals surface area (Å²) in [6.45, 7) is 1.65. The monoisotopic (exact) mass is 303 g/mol. The summed E-state index contributed by atoms with van der Waals surface area (Å²) in [5.74, 6) is -0.0441. The van der Waals surface area contributed by atoms with Crippen molar-refractivity contribution in [1.82, 2.24) is 9.97 Å². The van der Waals surface area contributed by atoms with Crippen LogP contribution in [-0.2, 0) is 0 Å². The van der Waals surface area contributed by atoms with Crippen LogP contribution >= 0.6 is 11.6 Å². The molecule has 1 N–H and O–H groups in total. The molecule has 20 heavy (non-hydrogen) atoms. The van der Waals surface area contributed by atoms with E-state index in [0.717, 1.165) is 0 Å². The number of alkyl halides is 3. The van der Waals surface area contributed by atoms with E-state index in [9.17, 15) is 13.2 Å². The van der Waals surface area contributed by atoms with Gasteiger partial charge in [0.25, 0.3) is 0 Å². The standard InChI is InChI=1S/C12H9ClF3N3O/c1-7-10(13)17-6-18-11(7)19-8-4-2-3-5-9(8)20-12(14,15)16/h2-6H,1H3,(H,17,18,19). The Morgan fingerprint density at radius 3 is 2.60 bits per heavy atom. The van der Waals surface area contributed by atoms with Gasteiger partial charge in [0, 0.05) is 5.56 Å². The number of ether oxygens (including phenoxy) is 1. The van der Waals surface area contributed by atoms with Gasteiger partial charge in [-0.05, 0) is 19.1 Å². The van der Waals surface area contributed by atoms with Crippen molar-refractivity contribution in [3.63, 3.8) is 0 Å². The number of rotatable bonds is 3. The summed E-state index contributed by atoms with van der Waals surface area (Å²) in [6, 6.07) is 5.65. The van der Waals surface area contributed by atoms with Crippen molar-refractivity contribution >= 4 is 23.1 Å². The zero-order chi connectivity index (χ0) is 14.8. The van der Waals surface area contributed by atoms with Crippen LogP contribution < -0.4 is 10.1 Å². The van der Waals surface area contributed by atoms with E-state index >= 15 is 0 Å². The van der Waals surface area contributed by atoms with Gasteiger partial charge in [-0.15, -0.1) is 13.2 Å². The Kier molecular flexibility index (Phi) is 3.99. The predicted molar refractivity (Wildman–Crippen MR) is 68.2 cm³/mol. The van der Waals surface area contributed by atoms with Crippen molar-refractivity contribution in [2.45, 2.75) is 13.3 Å². The fraction of sp³-hybridized carbons (Fsp3) is 0.167. The van der Waals surface area contributed by atoms with E-state index in [2.05, 4.69) is 20.0 Å². The normalized spacial score (nSPS) is 11.2. The molecule has 106 valence electrons. The Balaban J connectivity index is 2.32. The minimum absolute atomic E-state index is 0.127. The molecule has 0 aliphatic carbocycles. The molecule has 0 fully saturated rings. The third-order valence-corrected chi connectivity index (χ3v) is 2.77. The van der Waals surface area contributed by atoms with E-state index in [1.807, 2.05) is 0 Å². The third-order valence-electron chi connectivity index (χ3n) is 2.39. The Morgan fingerprint density at radius 2 is 1.90 bits per heavy atom. The third kappa shape index (κ3) is 3.51. The molecule has 0 bridgehead atoms. The highest BCUT2D eigenvalue weighted by Gasteiger charge is 2.32. The van der Waals surface area contributed by atoms with Gasteiger partial charge in [-0.3, -0.25) is 0 Å². The van der Waals surface area contributed by atoms with Gasteiger partial charge in [-0.1, -0.05) is 23.7 Å². The smallest absolute Gasteiger partial charge is 0.404 e. The fourth-order valence-corrected chi connectivity index (χ4v) is 1.60. The maximum absolute atomic E-state index is 12.3. The molecule has 0 saturated heterocycles. The molecular weight excluding hydrogens is 295 g/mol. The molecule has 1 heterocycles. The van der Waals surface area contributed by atoms with E-state index in [1.54, 1.807) is 13.0 Å². The Bertz CT molecular complexity index is 619. The number of anilines is 2. The molecule has 0 spiro atoms. The first-order valence-corrected chi connectivity index (χ1v) is 5.83. The lowest BCUT2D eigenvalue weighted by Crippen LogP contribution is -2.18. The summed E-state index contributed by atoms with van der Waals surface area (Å²) in [4.78, 5) is 7.69. The van der Waals surface area contributed by atoms with Crippen LogP contribution in [0.5, 0.6) is 5.75 Å². The highest BCUT2D eigenvalue weighted by Crippen LogP contribution is 2.32. The molecule has 4 nitrogen and oxygen atoms in total. The molecule has 0 amide bonds. The number of nitrogens with one attached hydrogen (secondary N) is 1. The number of hydrogen-bond acceptors (Lipinski definition) is 4. The number of benzene rings is 1. The van der Waals surface area contributed by atoms with Gasteiger partial charge in [0.15, 0.2) is 5.75 Å². The van der Waals surface area contributed by atoms with Gasteiger partial charge in [-0.2, -0.15) is 0 Å². The van der Waals surface area contributed by atoms with Crippen LogP contribution in [-0.4, -0.2) is 16.3 Å². The molecule has 0 radical (unpaired) electrons. The van der Waals surface area contributed by atoms with Crippen LogP contribution in [0.3, 0.4) is 0 Å². The molecule has 0 unspecified atom stereocenters. The number of nitrogens with zero attached hydrogens (tertiary/aromatic N) is 2. The largest absolute Gasteiger partial charge is 0.573 e. The van der Waals surface area contributed by atoms with Crippen LogP contribution in [0.25, 0.3) is 0 Å². The minimum atomic E-state index is -4.77. The van der Waals surface area contributed by atoms with E-state index in [0.29, 0.717) is 11.4 Å². The fourth-order valence-electron chi connectivity index (χ4n) is 1.47. The zero-order valence-corrected chi connectivity index (χ0v) is 11.0. The van der Waals surface area contributed by atoms with Gasteiger partial charge in [0.05, 0.1) is 5.69 Å². The summed E-state index contributed by atoms with van der Waals surface area (Å²) in [5, 5.41) is 2.96. The lowest BCUT2D eigenvalue weighted by atomic mass is 10.2. The summed E-state index contributed by atoms with van der Waals surface area (Å²) in [5.41, 5.74) is 0.652. The maximum Gasteiger partial charge on any atom is 0.573 e. The van der Waals surface area contributed by atoms with Crippen LogP contribution in [0.15, 0.2) is 30.6 Å². The molecule has 8 heteroatoms. The summed E-state index contributed by atoms with van der Waals surface area (Å²) in [7, 11) is 0. The summed E-state index contributed by atoms with van der Waals surface area (Å²) in [6.07, 6.45) is -3.55. The maximum atomic E-state index is 12.3.